The largest absolute Gasteiger partial charge is 0.489 e. The minimum Gasteiger partial charge on any atom is -0.489 e. The average Bonchev–Trinajstić information content (AvgIpc) is 2.68. The summed E-state index contributed by atoms with van der Waals surface area (Å²) in [5.74, 6) is 0.225. The molecule has 0 radical (unpaired) electrons. The first-order chi connectivity index (χ1) is 13.9. The SMILES string of the molecule is CCOC(=O)CCc1c(C)c2ccc(OCc3ccc(Cl)c(Cl)c3)cc2oc1=O. The highest BCUT2D eigenvalue weighted by Gasteiger charge is 2.14. The summed E-state index contributed by atoms with van der Waals surface area (Å²) in [5.41, 5.74) is 2.11. The third-order valence-electron chi connectivity index (χ3n) is 4.53. The van der Waals surface area contributed by atoms with Gasteiger partial charge in [-0.25, -0.2) is 4.79 Å². The lowest BCUT2D eigenvalue weighted by Gasteiger charge is -2.10. The second-order valence-electron chi connectivity index (χ2n) is 6.49. The van der Waals surface area contributed by atoms with E-state index in [9.17, 15) is 9.59 Å². The summed E-state index contributed by atoms with van der Waals surface area (Å²) in [4.78, 5) is 24.0. The van der Waals surface area contributed by atoms with Gasteiger partial charge in [-0.15, -0.1) is 0 Å². The van der Waals surface area contributed by atoms with Crippen LogP contribution >= 0.6 is 23.2 Å². The number of hydrogen-bond acceptors (Lipinski definition) is 5. The van der Waals surface area contributed by atoms with Crippen molar-refractivity contribution in [1.29, 1.82) is 0 Å². The van der Waals surface area contributed by atoms with Crippen LogP contribution in [0.25, 0.3) is 11.0 Å². The topological polar surface area (TPSA) is 65.7 Å². The third-order valence-corrected chi connectivity index (χ3v) is 5.27. The van der Waals surface area contributed by atoms with Crippen molar-refractivity contribution in [2.45, 2.75) is 33.3 Å². The Morgan fingerprint density at radius 2 is 1.90 bits per heavy atom. The predicted octanol–water partition coefficient (Wildman–Crippen LogP) is 5.48. The molecule has 0 bridgehead atoms. The van der Waals surface area contributed by atoms with E-state index in [2.05, 4.69) is 0 Å². The van der Waals surface area contributed by atoms with Crippen molar-refractivity contribution >= 4 is 40.1 Å². The Morgan fingerprint density at radius 1 is 1.10 bits per heavy atom. The van der Waals surface area contributed by atoms with Crippen molar-refractivity contribution in [3.63, 3.8) is 0 Å². The number of ether oxygens (including phenoxy) is 2. The first kappa shape index (κ1) is 21.2. The lowest BCUT2D eigenvalue weighted by Crippen LogP contribution is -2.13. The highest BCUT2D eigenvalue weighted by molar-refractivity contribution is 6.42. The molecular formula is C22H20Cl2O5. The Kier molecular flexibility index (Phi) is 6.83. The van der Waals surface area contributed by atoms with Gasteiger partial charge in [-0.3, -0.25) is 4.79 Å². The number of fused-ring (bicyclic) bond motifs is 1. The van der Waals surface area contributed by atoms with Gasteiger partial charge < -0.3 is 13.9 Å². The van der Waals surface area contributed by atoms with Crippen LogP contribution in [0.15, 0.2) is 45.6 Å². The monoisotopic (exact) mass is 434 g/mol. The molecule has 29 heavy (non-hydrogen) atoms. The van der Waals surface area contributed by atoms with Crippen LogP contribution in [-0.2, 0) is 22.6 Å². The number of benzene rings is 2. The number of halogens is 2. The highest BCUT2D eigenvalue weighted by Crippen LogP contribution is 2.26. The molecule has 152 valence electrons. The molecule has 7 heteroatoms. The maximum absolute atomic E-state index is 12.4. The van der Waals surface area contributed by atoms with E-state index in [-0.39, 0.29) is 18.8 Å². The minimum atomic E-state index is -0.457. The zero-order valence-electron chi connectivity index (χ0n) is 16.1. The van der Waals surface area contributed by atoms with E-state index < -0.39 is 5.63 Å². The Labute approximate surface area is 178 Å². The van der Waals surface area contributed by atoms with Gasteiger partial charge in [0.15, 0.2) is 0 Å². The molecule has 2 aromatic carbocycles. The quantitative estimate of drug-likeness (QED) is 0.363. The molecule has 0 aliphatic heterocycles. The molecule has 0 spiro atoms. The minimum absolute atomic E-state index is 0.135. The Bertz CT molecular complexity index is 1100. The second-order valence-corrected chi connectivity index (χ2v) is 7.31. The van der Waals surface area contributed by atoms with E-state index >= 15 is 0 Å². The second kappa shape index (κ2) is 9.33. The predicted molar refractivity (Wildman–Crippen MR) is 113 cm³/mol. The van der Waals surface area contributed by atoms with Crippen LogP contribution in [-0.4, -0.2) is 12.6 Å². The molecule has 1 heterocycles. The number of aryl methyl sites for hydroxylation is 1. The first-order valence-electron chi connectivity index (χ1n) is 9.17. The smallest absolute Gasteiger partial charge is 0.339 e. The van der Waals surface area contributed by atoms with E-state index in [0.29, 0.717) is 40.2 Å². The van der Waals surface area contributed by atoms with Gasteiger partial charge in [-0.05, 0) is 55.7 Å². The van der Waals surface area contributed by atoms with Gasteiger partial charge in [0.2, 0.25) is 0 Å². The average molecular weight is 435 g/mol. The highest BCUT2D eigenvalue weighted by atomic mass is 35.5. The van der Waals surface area contributed by atoms with E-state index in [1.807, 2.05) is 25.1 Å². The fourth-order valence-corrected chi connectivity index (χ4v) is 3.33. The fraction of sp³-hybridized carbons (Fsp3) is 0.273. The Balaban J connectivity index is 1.79. The summed E-state index contributed by atoms with van der Waals surface area (Å²) in [6.45, 7) is 4.20. The summed E-state index contributed by atoms with van der Waals surface area (Å²) in [6, 6.07) is 10.6. The van der Waals surface area contributed by atoms with E-state index in [0.717, 1.165) is 16.5 Å². The van der Waals surface area contributed by atoms with Crippen LogP contribution in [0.4, 0.5) is 0 Å². The molecule has 0 atom stereocenters. The molecule has 0 fully saturated rings. The molecule has 1 aromatic heterocycles. The van der Waals surface area contributed by atoms with Crippen LogP contribution < -0.4 is 10.4 Å². The number of esters is 1. The van der Waals surface area contributed by atoms with Crippen molar-refractivity contribution < 1.29 is 18.7 Å². The van der Waals surface area contributed by atoms with Gasteiger partial charge in [-0.2, -0.15) is 0 Å². The Morgan fingerprint density at radius 3 is 2.62 bits per heavy atom. The maximum Gasteiger partial charge on any atom is 0.339 e. The molecular weight excluding hydrogens is 415 g/mol. The molecule has 0 aliphatic carbocycles. The standard InChI is InChI=1S/C22H20Cl2O5/c1-3-27-21(25)9-7-17-13(2)16-6-5-15(11-20(16)29-22(17)26)28-12-14-4-8-18(23)19(24)10-14/h4-6,8,10-11H,3,7,9,12H2,1-2H3. The van der Waals surface area contributed by atoms with Gasteiger partial charge in [0, 0.05) is 23.4 Å². The van der Waals surface area contributed by atoms with Gasteiger partial charge in [0.25, 0.3) is 0 Å². The number of carbonyl (C=O) groups excluding carboxylic acids is 1. The van der Waals surface area contributed by atoms with Crippen molar-refractivity contribution in [3.05, 3.63) is 73.6 Å². The van der Waals surface area contributed by atoms with Crippen molar-refractivity contribution in [2.75, 3.05) is 6.61 Å². The molecule has 5 nitrogen and oxygen atoms in total. The lowest BCUT2D eigenvalue weighted by atomic mass is 10.0. The first-order valence-corrected chi connectivity index (χ1v) is 9.93. The summed E-state index contributed by atoms with van der Waals surface area (Å²) >= 11 is 11.9. The number of rotatable bonds is 7. The van der Waals surface area contributed by atoms with E-state index in [4.69, 9.17) is 37.1 Å². The van der Waals surface area contributed by atoms with E-state index in [1.165, 1.54) is 0 Å². The molecule has 0 amide bonds. The zero-order valence-corrected chi connectivity index (χ0v) is 17.6. The molecule has 0 N–H and O–H groups in total. The van der Waals surface area contributed by atoms with Crippen LogP contribution in [0.3, 0.4) is 0 Å². The zero-order chi connectivity index (χ0) is 21.0. The molecule has 0 saturated heterocycles. The number of carbonyl (C=O) groups is 1. The summed E-state index contributed by atoms with van der Waals surface area (Å²) in [5, 5.41) is 1.74. The van der Waals surface area contributed by atoms with Crippen LogP contribution in [0, 0.1) is 6.92 Å². The molecule has 0 saturated carbocycles. The normalized spacial score (nSPS) is 10.9. The van der Waals surface area contributed by atoms with E-state index in [1.54, 1.807) is 25.1 Å². The van der Waals surface area contributed by atoms with Gasteiger partial charge >= 0.3 is 11.6 Å². The summed E-state index contributed by atoms with van der Waals surface area (Å²) in [6.07, 6.45) is 0.411. The van der Waals surface area contributed by atoms with Crippen molar-refractivity contribution in [2.24, 2.45) is 0 Å². The third kappa shape index (κ3) is 5.11. The Hall–Kier alpha value is -2.50. The van der Waals surface area contributed by atoms with Gasteiger partial charge in [0.1, 0.15) is 17.9 Å². The van der Waals surface area contributed by atoms with Crippen LogP contribution in [0.5, 0.6) is 5.75 Å². The van der Waals surface area contributed by atoms with Crippen molar-refractivity contribution in [1.82, 2.24) is 0 Å². The number of hydrogen-bond donors (Lipinski definition) is 0. The van der Waals surface area contributed by atoms with Crippen molar-refractivity contribution in [3.8, 4) is 5.75 Å². The van der Waals surface area contributed by atoms with Crippen LogP contribution in [0.1, 0.15) is 30.0 Å². The fourth-order valence-electron chi connectivity index (χ4n) is 3.01. The molecule has 3 rings (SSSR count). The molecule has 3 aromatic rings. The maximum atomic E-state index is 12.4. The molecule has 0 unspecified atom stereocenters. The lowest BCUT2D eigenvalue weighted by molar-refractivity contribution is -0.143. The van der Waals surface area contributed by atoms with Gasteiger partial charge in [0.05, 0.1) is 16.7 Å². The van der Waals surface area contributed by atoms with Gasteiger partial charge in [-0.1, -0.05) is 29.3 Å². The molecule has 0 aliphatic rings. The summed E-state index contributed by atoms with van der Waals surface area (Å²) < 4.78 is 16.2. The summed E-state index contributed by atoms with van der Waals surface area (Å²) in [7, 11) is 0. The van der Waals surface area contributed by atoms with Crippen LogP contribution in [0.2, 0.25) is 10.0 Å².